The minimum Gasteiger partial charge on any atom is -0.369 e. The molecule has 4 N–H and O–H groups in total. The summed E-state index contributed by atoms with van der Waals surface area (Å²) in [7, 11) is 0. The van der Waals surface area contributed by atoms with Crippen molar-refractivity contribution in [2.24, 2.45) is 0 Å². The van der Waals surface area contributed by atoms with Gasteiger partial charge in [0.1, 0.15) is 5.82 Å². The predicted molar refractivity (Wildman–Crippen MR) is 73.8 cm³/mol. The largest absolute Gasteiger partial charge is 0.369 e. The number of fused-ring (bicyclic) bond motifs is 1. The van der Waals surface area contributed by atoms with Gasteiger partial charge >= 0.3 is 0 Å². The minimum atomic E-state index is -0.313. The van der Waals surface area contributed by atoms with Crippen LogP contribution in [0.1, 0.15) is 11.1 Å². The molecule has 3 aromatic rings. The van der Waals surface area contributed by atoms with Gasteiger partial charge < -0.3 is 10.7 Å². The van der Waals surface area contributed by atoms with Crippen molar-refractivity contribution in [1.29, 1.82) is 0 Å². The summed E-state index contributed by atoms with van der Waals surface area (Å²) in [5, 5.41) is 0. The van der Waals surface area contributed by atoms with E-state index in [0.717, 1.165) is 11.1 Å². The van der Waals surface area contributed by atoms with Crippen molar-refractivity contribution < 1.29 is 0 Å². The number of nitrogens with two attached hydrogens (primary N) is 1. The van der Waals surface area contributed by atoms with E-state index in [0.29, 0.717) is 17.0 Å². The molecule has 6 heteroatoms. The van der Waals surface area contributed by atoms with E-state index >= 15 is 0 Å². The SMILES string of the molecule is Cc1cccc(-c2nc3nc(N)[nH]c(=O)c3[nH]2)c1C. The van der Waals surface area contributed by atoms with Crippen molar-refractivity contribution in [2.75, 3.05) is 5.73 Å². The first-order valence-electron chi connectivity index (χ1n) is 5.88. The number of anilines is 1. The molecule has 0 saturated carbocycles. The second-order valence-corrected chi connectivity index (χ2v) is 4.48. The van der Waals surface area contributed by atoms with Crippen LogP contribution in [0.5, 0.6) is 0 Å². The van der Waals surface area contributed by atoms with Gasteiger partial charge in [-0.15, -0.1) is 0 Å². The Kier molecular flexibility index (Phi) is 2.38. The van der Waals surface area contributed by atoms with Gasteiger partial charge in [0.05, 0.1) is 0 Å². The predicted octanol–water partition coefficient (Wildman–Crippen LogP) is 1.51. The van der Waals surface area contributed by atoms with Crippen LogP contribution in [-0.2, 0) is 0 Å². The van der Waals surface area contributed by atoms with E-state index in [4.69, 9.17) is 5.73 Å². The van der Waals surface area contributed by atoms with Gasteiger partial charge in [-0.1, -0.05) is 18.2 Å². The quantitative estimate of drug-likeness (QED) is 0.613. The Bertz CT molecular complexity index is 831. The molecule has 0 aliphatic rings. The molecule has 3 rings (SSSR count). The van der Waals surface area contributed by atoms with Gasteiger partial charge in [-0.25, -0.2) is 4.98 Å². The number of hydrogen-bond acceptors (Lipinski definition) is 4. The van der Waals surface area contributed by atoms with Gasteiger partial charge in [0, 0.05) is 5.56 Å². The molecule has 0 saturated heterocycles. The van der Waals surface area contributed by atoms with Crippen molar-refractivity contribution in [3.8, 4) is 11.4 Å². The minimum absolute atomic E-state index is 0.0662. The first-order valence-corrected chi connectivity index (χ1v) is 5.88. The number of rotatable bonds is 1. The number of aryl methyl sites for hydroxylation is 1. The summed E-state index contributed by atoms with van der Waals surface area (Å²) in [6.45, 7) is 4.05. The fourth-order valence-electron chi connectivity index (χ4n) is 2.06. The summed E-state index contributed by atoms with van der Waals surface area (Å²) < 4.78 is 0. The monoisotopic (exact) mass is 255 g/mol. The molecule has 0 aliphatic heterocycles. The van der Waals surface area contributed by atoms with E-state index in [1.54, 1.807) is 0 Å². The Hall–Kier alpha value is -2.63. The zero-order chi connectivity index (χ0) is 13.6. The molecular weight excluding hydrogens is 242 g/mol. The molecule has 0 atom stereocenters. The highest BCUT2D eigenvalue weighted by Gasteiger charge is 2.12. The van der Waals surface area contributed by atoms with E-state index in [1.807, 2.05) is 32.0 Å². The number of H-pyrrole nitrogens is 2. The molecule has 2 aromatic heterocycles. The Balaban J connectivity index is 2.30. The fraction of sp³-hybridized carbons (Fsp3) is 0.154. The molecule has 0 amide bonds. The lowest BCUT2D eigenvalue weighted by molar-refractivity contribution is 1.17. The van der Waals surface area contributed by atoms with Crippen LogP contribution >= 0.6 is 0 Å². The van der Waals surface area contributed by atoms with Crippen LogP contribution in [0.4, 0.5) is 5.95 Å². The van der Waals surface area contributed by atoms with E-state index in [-0.39, 0.29) is 11.5 Å². The third-order valence-corrected chi connectivity index (χ3v) is 3.24. The molecule has 2 heterocycles. The van der Waals surface area contributed by atoms with E-state index < -0.39 is 0 Å². The Morgan fingerprint density at radius 2 is 1.95 bits per heavy atom. The van der Waals surface area contributed by atoms with E-state index in [1.165, 1.54) is 5.56 Å². The lowest BCUT2D eigenvalue weighted by Gasteiger charge is -2.04. The smallest absolute Gasteiger partial charge is 0.278 e. The zero-order valence-corrected chi connectivity index (χ0v) is 10.6. The molecule has 96 valence electrons. The Morgan fingerprint density at radius 1 is 1.16 bits per heavy atom. The molecule has 0 aliphatic carbocycles. The standard InChI is InChI=1S/C13H13N5O/c1-6-4-3-5-8(7(6)2)10-15-9-11(16-10)17-13(14)18-12(9)19/h3-5H,1-2H3,(H4,14,15,16,17,18,19). The Labute approximate surface area is 108 Å². The van der Waals surface area contributed by atoms with Gasteiger partial charge in [0.25, 0.3) is 5.56 Å². The van der Waals surface area contributed by atoms with Crippen LogP contribution in [-0.4, -0.2) is 19.9 Å². The lowest BCUT2D eigenvalue weighted by Crippen LogP contribution is -2.10. The van der Waals surface area contributed by atoms with E-state index in [9.17, 15) is 4.79 Å². The molecule has 0 bridgehead atoms. The maximum atomic E-state index is 11.7. The summed E-state index contributed by atoms with van der Waals surface area (Å²) in [6.07, 6.45) is 0. The summed E-state index contributed by atoms with van der Waals surface area (Å²) in [6, 6.07) is 5.94. The maximum Gasteiger partial charge on any atom is 0.278 e. The highest BCUT2D eigenvalue weighted by Crippen LogP contribution is 2.23. The van der Waals surface area contributed by atoms with Crippen LogP contribution in [0, 0.1) is 13.8 Å². The third kappa shape index (κ3) is 1.77. The van der Waals surface area contributed by atoms with Crippen molar-refractivity contribution in [1.82, 2.24) is 19.9 Å². The summed E-state index contributed by atoms with van der Waals surface area (Å²) in [5.74, 6) is 0.691. The van der Waals surface area contributed by atoms with Crippen LogP contribution in [0.25, 0.3) is 22.6 Å². The average Bonchev–Trinajstić information content (AvgIpc) is 2.76. The highest BCUT2D eigenvalue weighted by molar-refractivity contribution is 5.76. The second-order valence-electron chi connectivity index (χ2n) is 4.48. The number of nitrogens with one attached hydrogen (secondary N) is 2. The number of aromatic nitrogens is 4. The molecule has 0 spiro atoms. The molecule has 19 heavy (non-hydrogen) atoms. The lowest BCUT2D eigenvalue weighted by atomic mass is 10.0. The van der Waals surface area contributed by atoms with Crippen molar-refractivity contribution in [2.45, 2.75) is 13.8 Å². The molecule has 6 nitrogen and oxygen atoms in total. The number of benzene rings is 1. The highest BCUT2D eigenvalue weighted by atomic mass is 16.1. The molecule has 1 aromatic carbocycles. The maximum absolute atomic E-state index is 11.7. The number of hydrogen-bond donors (Lipinski definition) is 3. The van der Waals surface area contributed by atoms with Gasteiger partial charge in [0.15, 0.2) is 11.2 Å². The Morgan fingerprint density at radius 3 is 2.74 bits per heavy atom. The van der Waals surface area contributed by atoms with Crippen LogP contribution in [0.15, 0.2) is 23.0 Å². The van der Waals surface area contributed by atoms with Gasteiger partial charge in [-0.2, -0.15) is 4.98 Å². The summed E-state index contributed by atoms with van der Waals surface area (Å²) >= 11 is 0. The number of nitrogen functional groups attached to an aromatic ring is 1. The van der Waals surface area contributed by atoms with Crippen LogP contribution in [0.3, 0.4) is 0 Å². The first kappa shape index (κ1) is 11.5. The average molecular weight is 255 g/mol. The van der Waals surface area contributed by atoms with Crippen molar-refractivity contribution >= 4 is 17.1 Å². The summed E-state index contributed by atoms with van der Waals surface area (Å²) in [4.78, 5) is 25.6. The van der Waals surface area contributed by atoms with Crippen molar-refractivity contribution in [3.63, 3.8) is 0 Å². The zero-order valence-electron chi connectivity index (χ0n) is 10.6. The molecule has 0 radical (unpaired) electrons. The molecule has 0 unspecified atom stereocenters. The normalized spacial score (nSPS) is 11.1. The third-order valence-electron chi connectivity index (χ3n) is 3.24. The number of imidazole rings is 1. The topological polar surface area (TPSA) is 100 Å². The van der Waals surface area contributed by atoms with Gasteiger partial charge in [0.2, 0.25) is 5.95 Å². The number of nitrogens with zero attached hydrogens (tertiary/aromatic N) is 2. The van der Waals surface area contributed by atoms with Gasteiger partial charge in [-0.3, -0.25) is 9.78 Å². The van der Waals surface area contributed by atoms with Gasteiger partial charge in [-0.05, 0) is 25.0 Å². The molecule has 0 fully saturated rings. The summed E-state index contributed by atoms with van der Waals surface area (Å²) in [5.41, 5.74) is 9.10. The first-order chi connectivity index (χ1) is 9.06. The van der Waals surface area contributed by atoms with Crippen LogP contribution < -0.4 is 11.3 Å². The van der Waals surface area contributed by atoms with Crippen LogP contribution in [0.2, 0.25) is 0 Å². The second kappa shape index (κ2) is 3.94. The van der Waals surface area contributed by atoms with Crippen molar-refractivity contribution in [3.05, 3.63) is 39.7 Å². The number of aromatic amines is 2. The fourth-order valence-corrected chi connectivity index (χ4v) is 2.06. The van der Waals surface area contributed by atoms with E-state index in [2.05, 4.69) is 19.9 Å². The molecular formula is C13H13N5O.